The van der Waals surface area contributed by atoms with Gasteiger partial charge in [0, 0.05) is 13.1 Å². The standard InChI is InChI=1S/C13H18F3NO/c1-10-3-4-12(7-11(10)2)8-17(5-6-18)9-13(14,15)16/h3-4,7,18H,5-6,8-9H2,1-2H3. The second-order valence-corrected chi connectivity index (χ2v) is 4.47. The van der Waals surface area contributed by atoms with E-state index in [0.717, 1.165) is 16.7 Å². The first-order chi connectivity index (χ1) is 8.31. The number of aliphatic hydroxyl groups is 1. The van der Waals surface area contributed by atoms with Crippen molar-refractivity contribution in [2.45, 2.75) is 26.6 Å². The summed E-state index contributed by atoms with van der Waals surface area (Å²) in [6.07, 6.45) is -4.24. The summed E-state index contributed by atoms with van der Waals surface area (Å²) >= 11 is 0. The molecule has 0 bridgehead atoms. The first-order valence-corrected chi connectivity index (χ1v) is 5.78. The second-order valence-electron chi connectivity index (χ2n) is 4.47. The van der Waals surface area contributed by atoms with Gasteiger partial charge in [0.15, 0.2) is 0 Å². The fourth-order valence-corrected chi connectivity index (χ4v) is 1.77. The Bertz CT molecular complexity index is 390. The quantitative estimate of drug-likeness (QED) is 0.880. The van der Waals surface area contributed by atoms with Crippen molar-refractivity contribution in [2.75, 3.05) is 19.7 Å². The van der Waals surface area contributed by atoms with E-state index in [0.29, 0.717) is 0 Å². The molecule has 0 atom stereocenters. The summed E-state index contributed by atoms with van der Waals surface area (Å²) in [5.74, 6) is 0. The van der Waals surface area contributed by atoms with Gasteiger partial charge in [-0.15, -0.1) is 0 Å². The van der Waals surface area contributed by atoms with Crippen LogP contribution in [0, 0.1) is 13.8 Å². The lowest BCUT2D eigenvalue weighted by Gasteiger charge is -2.23. The van der Waals surface area contributed by atoms with Crippen LogP contribution in [0.1, 0.15) is 16.7 Å². The molecule has 0 saturated carbocycles. The van der Waals surface area contributed by atoms with Gasteiger partial charge in [-0.3, -0.25) is 4.90 Å². The molecule has 2 nitrogen and oxygen atoms in total. The Labute approximate surface area is 105 Å². The minimum atomic E-state index is -4.24. The number of halogens is 3. The fourth-order valence-electron chi connectivity index (χ4n) is 1.77. The lowest BCUT2D eigenvalue weighted by molar-refractivity contribution is -0.147. The van der Waals surface area contributed by atoms with Gasteiger partial charge in [0.2, 0.25) is 0 Å². The topological polar surface area (TPSA) is 23.5 Å². The number of benzene rings is 1. The number of nitrogens with zero attached hydrogens (tertiary/aromatic N) is 1. The van der Waals surface area contributed by atoms with Crippen LogP contribution in [0.2, 0.25) is 0 Å². The summed E-state index contributed by atoms with van der Waals surface area (Å²) < 4.78 is 37.1. The number of rotatable bonds is 5. The smallest absolute Gasteiger partial charge is 0.395 e. The molecule has 0 fully saturated rings. The molecule has 0 aromatic heterocycles. The molecule has 0 radical (unpaired) electrons. The molecule has 0 heterocycles. The summed E-state index contributed by atoms with van der Waals surface area (Å²) in [7, 11) is 0. The van der Waals surface area contributed by atoms with Gasteiger partial charge in [0.25, 0.3) is 0 Å². The van der Waals surface area contributed by atoms with Crippen LogP contribution in [0.25, 0.3) is 0 Å². The van der Waals surface area contributed by atoms with Crippen molar-refractivity contribution in [3.05, 3.63) is 34.9 Å². The Kier molecular flexibility index (Phi) is 5.16. The predicted octanol–water partition coefficient (Wildman–Crippen LogP) is 2.66. The number of alkyl halides is 3. The SMILES string of the molecule is Cc1ccc(CN(CCO)CC(F)(F)F)cc1C. The van der Waals surface area contributed by atoms with Crippen LogP contribution >= 0.6 is 0 Å². The predicted molar refractivity (Wildman–Crippen MR) is 64.3 cm³/mol. The number of aryl methyl sites for hydroxylation is 2. The third-order valence-electron chi connectivity index (χ3n) is 2.80. The molecule has 0 aliphatic rings. The van der Waals surface area contributed by atoms with Crippen molar-refractivity contribution in [1.29, 1.82) is 0 Å². The molecule has 1 rings (SSSR count). The van der Waals surface area contributed by atoms with Gasteiger partial charge < -0.3 is 5.11 Å². The third-order valence-corrected chi connectivity index (χ3v) is 2.80. The van der Waals surface area contributed by atoms with Gasteiger partial charge in [-0.2, -0.15) is 13.2 Å². The van der Waals surface area contributed by atoms with Crippen LogP contribution in [0.3, 0.4) is 0 Å². The maximum atomic E-state index is 12.4. The number of aliphatic hydroxyl groups excluding tert-OH is 1. The fraction of sp³-hybridized carbons (Fsp3) is 0.538. The van der Waals surface area contributed by atoms with Crippen LogP contribution in [0.5, 0.6) is 0 Å². The molecule has 102 valence electrons. The van der Waals surface area contributed by atoms with Crippen molar-refractivity contribution < 1.29 is 18.3 Å². The largest absolute Gasteiger partial charge is 0.401 e. The maximum absolute atomic E-state index is 12.4. The van der Waals surface area contributed by atoms with Gasteiger partial charge in [-0.1, -0.05) is 18.2 Å². The molecule has 0 aliphatic carbocycles. The Morgan fingerprint density at radius 1 is 1.17 bits per heavy atom. The van der Waals surface area contributed by atoms with Crippen LogP contribution < -0.4 is 0 Å². The zero-order chi connectivity index (χ0) is 13.8. The highest BCUT2D eigenvalue weighted by molar-refractivity contribution is 5.29. The highest BCUT2D eigenvalue weighted by Crippen LogP contribution is 2.18. The minimum absolute atomic E-state index is 0.0203. The molecule has 18 heavy (non-hydrogen) atoms. The zero-order valence-corrected chi connectivity index (χ0v) is 10.6. The van der Waals surface area contributed by atoms with Crippen molar-refractivity contribution in [1.82, 2.24) is 4.90 Å². The molecule has 5 heteroatoms. The molecule has 0 aliphatic heterocycles. The van der Waals surface area contributed by atoms with E-state index in [-0.39, 0.29) is 19.7 Å². The molecular formula is C13H18F3NO. The molecule has 0 amide bonds. The highest BCUT2D eigenvalue weighted by Gasteiger charge is 2.30. The highest BCUT2D eigenvalue weighted by atomic mass is 19.4. The van der Waals surface area contributed by atoms with Gasteiger partial charge in [-0.05, 0) is 30.5 Å². The normalized spacial score (nSPS) is 12.2. The number of hydrogen-bond acceptors (Lipinski definition) is 2. The lowest BCUT2D eigenvalue weighted by atomic mass is 10.1. The van der Waals surface area contributed by atoms with Crippen LogP contribution in [-0.2, 0) is 6.54 Å². The van der Waals surface area contributed by atoms with E-state index in [1.807, 2.05) is 32.0 Å². The average molecular weight is 261 g/mol. The first kappa shape index (κ1) is 15.0. The van der Waals surface area contributed by atoms with E-state index in [2.05, 4.69) is 0 Å². The van der Waals surface area contributed by atoms with Gasteiger partial charge in [0.1, 0.15) is 0 Å². The maximum Gasteiger partial charge on any atom is 0.401 e. The van der Waals surface area contributed by atoms with E-state index in [1.165, 1.54) is 4.90 Å². The molecule has 1 aromatic rings. The van der Waals surface area contributed by atoms with Crippen LogP contribution in [-0.4, -0.2) is 35.9 Å². The summed E-state index contributed by atoms with van der Waals surface area (Å²) in [5.41, 5.74) is 3.00. The molecule has 0 unspecified atom stereocenters. The van der Waals surface area contributed by atoms with Gasteiger partial charge in [-0.25, -0.2) is 0 Å². The molecular weight excluding hydrogens is 243 g/mol. The third kappa shape index (κ3) is 5.06. The molecule has 0 saturated heterocycles. The van der Waals surface area contributed by atoms with Gasteiger partial charge >= 0.3 is 6.18 Å². The molecule has 0 spiro atoms. The Hall–Kier alpha value is -1.07. The van der Waals surface area contributed by atoms with Crippen molar-refractivity contribution in [3.8, 4) is 0 Å². The average Bonchev–Trinajstić information content (AvgIpc) is 2.21. The summed E-state index contributed by atoms with van der Waals surface area (Å²) in [6, 6.07) is 5.61. The van der Waals surface area contributed by atoms with E-state index < -0.39 is 12.7 Å². The summed E-state index contributed by atoms with van der Waals surface area (Å²) in [5, 5.41) is 8.80. The van der Waals surface area contributed by atoms with Crippen molar-refractivity contribution in [3.63, 3.8) is 0 Å². The minimum Gasteiger partial charge on any atom is -0.395 e. The van der Waals surface area contributed by atoms with Gasteiger partial charge in [0.05, 0.1) is 13.2 Å². The Morgan fingerprint density at radius 2 is 1.83 bits per heavy atom. The van der Waals surface area contributed by atoms with Crippen molar-refractivity contribution in [2.24, 2.45) is 0 Å². The summed E-state index contributed by atoms with van der Waals surface area (Å²) in [4.78, 5) is 1.20. The van der Waals surface area contributed by atoms with E-state index in [4.69, 9.17) is 5.11 Å². The van der Waals surface area contributed by atoms with E-state index >= 15 is 0 Å². The number of hydrogen-bond donors (Lipinski definition) is 1. The van der Waals surface area contributed by atoms with Crippen molar-refractivity contribution >= 4 is 0 Å². The lowest BCUT2D eigenvalue weighted by Crippen LogP contribution is -2.35. The monoisotopic (exact) mass is 261 g/mol. The summed E-state index contributed by atoms with van der Waals surface area (Å²) in [6.45, 7) is 2.83. The first-order valence-electron chi connectivity index (χ1n) is 5.78. The molecule has 1 aromatic carbocycles. The van der Waals surface area contributed by atoms with Crippen LogP contribution in [0.4, 0.5) is 13.2 Å². The molecule has 1 N–H and O–H groups in total. The Balaban J connectivity index is 2.73. The van der Waals surface area contributed by atoms with Crippen LogP contribution in [0.15, 0.2) is 18.2 Å². The second kappa shape index (κ2) is 6.20. The van der Waals surface area contributed by atoms with E-state index in [9.17, 15) is 13.2 Å². The van der Waals surface area contributed by atoms with E-state index in [1.54, 1.807) is 0 Å². The zero-order valence-electron chi connectivity index (χ0n) is 10.6. The Morgan fingerprint density at radius 3 is 2.33 bits per heavy atom.